The van der Waals surface area contributed by atoms with Crippen molar-refractivity contribution in [3.8, 4) is 5.75 Å². The summed E-state index contributed by atoms with van der Waals surface area (Å²) < 4.78 is 5.55. The van der Waals surface area contributed by atoms with Crippen molar-refractivity contribution in [3.05, 3.63) is 29.8 Å². The van der Waals surface area contributed by atoms with E-state index in [-0.39, 0.29) is 25.1 Å². The van der Waals surface area contributed by atoms with Gasteiger partial charge in [-0.3, -0.25) is 0 Å². The Labute approximate surface area is 109 Å². The Morgan fingerprint density at radius 1 is 1.29 bits per heavy atom. The summed E-state index contributed by atoms with van der Waals surface area (Å²) in [7, 11) is 0. The third-order valence-corrected chi connectivity index (χ3v) is 2.42. The van der Waals surface area contributed by atoms with E-state index in [1.54, 1.807) is 0 Å². The highest BCUT2D eigenvalue weighted by atomic mass is 35.5. The van der Waals surface area contributed by atoms with E-state index in [0.717, 1.165) is 30.8 Å². The molecule has 0 fully saturated rings. The molecule has 0 spiro atoms. The molecular weight excluding hydrogens is 238 g/mol. The summed E-state index contributed by atoms with van der Waals surface area (Å²) in [5, 5.41) is 8.84. The SMILES string of the molecule is CCCCOc1ccc(CC(N)CO)cc1.Cl. The number of hydrogen-bond donors (Lipinski definition) is 2. The number of nitrogens with two attached hydrogens (primary N) is 1. The van der Waals surface area contributed by atoms with Gasteiger partial charge >= 0.3 is 0 Å². The molecule has 17 heavy (non-hydrogen) atoms. The number of rotatable bonds is 7. The van der Waals surface area contributed by atoms with Crippen LogP contribution in [0.2, 0.25) is 0 Å². The van der Waals surface area contributed by atoms with Gasteiger partial charge in [-0.05, 0) is 30.5 Å². The topological polar surface area (TPSA) is 55.5 Å². The van der Waals surface area contributed by atoms with Crippen LogP contribution in [-0.4, -0.2) is 24.4 Å². The van der Waals surface area contributed by atoms with Gasteiger partial charge in [-0.1, -0.05) is 25.5 Å². The van der Waals surface area contributed by atoms with Crippen molar-refractivity contribution >= 4 is 12.4 Å². The van der Waals surface area contributed by atoms with Crippen LogP contribution in [0.3, 0.4) is 0 Å². The van der Waals surface area contributed by atoms with Crippen molar-refractivity contribution in [2.24, 2.45) is 5.73 Å². The molecule has 1 aromatic rings. The molecule has 1 atom stereocenters. The van der Waals surface area contributed by atoms with E-state index in [4.69, 9.17) is 15.6 Å². The molecular formula is C13H22ClNO2. The fourth-order valence-corrected chi connectivity index (χ4v) is 1.42. The fraction of sp³-hybridized carbons (Fsp3) is 0.538. The van der Waals surface area contributed by atoms with Crippen LogP contribution in [0.5, 0.6) is 5.75 Å². The lowest BCUT2D eigenvalue weighted by Gasteiger charge is -2.09. The average molecular weight is 260 g/mol. The second-order valence-corrected chi connectivity index (χ2v) is 3.99. The van der Waals surface area contributed by atoms with Crippen LogP contribution >= 0.6 is 12.4 Å². The van der Waals surface area contributed by atoms with Crippen LogP contribution in [0.15, 0.2) is 24.3 Å². The Hall–Kier alpha value is -0.770. The molecule has 3 N–H and O–H groups in total. The van der Waals surface area contributed by atoms with E-state index < -0.39 is 0 Å². The quantitative estimate of drug-likeness (QED) is 0.738. The molecule has 4 heteroatoms. The Kier molecular flexibility index (Phi) is 8.86. The molecule has 0 aliphatic rings. The minimum atomic E-state index is -0.174. The zero-order chi connectivity index (χ0) is 11.8. The molecule has 0 bridgehead atoms. The number of ether oxygens (including phenoxy) is 1. The van der Waals surface area contributed by atoms with Crippen molar-refractivity contribution in [1.82, 2.24) is 0 Å². The Balaban J connectivity index is 0.00000256. The number of halogens is 1. The van der Waals surface area contributed by atoms with E-state index in [9.17, 15) is 0 Å². The molecule has 0 aliphatic heterocycles. The van der Waals surface area contributed by atoms with Crippen molar-refractivity contribution in [2.45, 2.75) is 32.2 Å². The van der Waals surface area contributed by atoms with E-state index in [0.29, 0.717) is 6.42 Å². The molecule has 0 radical (unpaired) electrons. The fourth-order valence-electron chi connectivity index (χ4n) is 1.42. The molecule has 0 saturated heterocycles. The van der Waals surface area contributed by atoms with Gasteiger partial charge in [0.25, 0.3) is 0 Å². The van der Waals surface area contributed by atoms with Gasteiger partial charge < -0.3 is 15.6 Å². The molecule has 0 saturated carbocycles. The van der Waals surface area contributed by atoms with Crippen LogP contribution in [0, 0.1) is 0 Å². The summed E-state index contributed by atoms with van der Waals surface area (Å²) in [6, 6.07) is 7.73. The first-order valence-corrected chi connectivity index (χ1v) is 5.84. The van der Waals surface area contributed by atoms with Gasteiger partial charge in [0.2, 0.25) is 0 Å². The summed E-state index contributed by atoms with van der Waals surface area (Å²) >= 11 is 0. The van der Waals surface area contributed by atoms with Gasteiger partial charge in [-0.15, -0.1) is 12.4 Å². The number of unbranched alkanes of at least 4 members (excludes halogenated alkanes) is 1. The third-order valence-electron chi connectivity index (χ3n) is 2.42. The minimum absolute atomic E-state index is 0. The summed E-state index contributed by atoms with van der Waals surface area (Å²) in [5.74, 6) is 0.898. The molecule has 1 unspecified atom stereocenters. The van der Waals surface area contributed by atoms with E-state index in [1.807, 2.05) is 24.3 Å². The number of hydrogen-bond acceptors (Lipinski definition) is 3. The summed E-state index contributed by atoms with van der Waals surface area (Å²) in [6.45, 7) is 2.93. The molecule has 0 heterocycles. The van der Waals surface area contributed by atoms with Gasteiger partial charge in [-0.25, -0.2) is 0 Å². The minimum Gasteiger partial charge on any atom is -0.494 e. The number of aliphatic hydroxyl groups excluding tert-OH is 1. The first kappa shape index (κ1) is 16.2. The number of aliphatic hydroxyl groups is 1. The molecule has 1 aromatic carbocycles. The number of benzene rings is 1. The highest BCUT2D eigenvalue weighted by Crippen LogP contribution is 2.13. The maximum Gasteiger partial charge on any atom is 0.119 e. The maximum atomic E-state index is 8.84. The molecule has 98 valence electrons. The van der Waals surface area contributed by atoms with Gasteiger partial charge in [0.05, 0.1) is 13.2 Å². The first-order valence-electron chi connectivity index (χ1n) is 5.84. The zero-order valence-electron chi connectivity index (χ0n) is 10.3. The van der Waals surface area contributed by atoms with Crippen LogP contribution < -0.4 is 10.5 Å². The second kappa shape index (κ2) is 9.28. The molecule has 0 aromatic heterocycles. The molecule has 1 rings (SSSR count). The van der Waals surface area contributed by atoms with Gasteiger partial charge in [0.15, 0.2) is 0 Å². The summed E-state index contributed by atoms with van der Waals surface area (Å²) in [5.41, 5.74) is 6.79. The molecule has 0 aliphatic carbocycles. The third kappa shape index (κ3) is 6.51. The highest BCUT2D eigenvalue weighted by molar-refractivity contribution is 5.85. The molecule has 3 nitrogen and oxygen atoms in total. The van der Waals surface area contributed by atoms with Gasteiger partial charge in [0.1, 0.15) is 5.75 Å². The first-order chi connectivity index (χ1) is 7.76. The van der Waals surface area contributed by atoms with Crippen LogP contribution in [0.1, 0.15) is 25.3 Å². The van der Waals surface area contributed by atoms with Gasteiger partial charge in [-0.2, -0.15) is 0 Å². The Morgan fingerprint density at radius 2 is 1.94 bits per heavy atom. The van der Waals surface area contributed by atoms with Crippen molar-refractivity contribution in [3.63, 3.8) is 0 Å². The van der Waals surface area contributed by atoms with Crippen LogP contribution in [0.4, 0.5) is 0 Å². The van der Waals surface area contributed by atoms with Crippen LogP contribution in [-0.2, 0) is 6.42 Å². The predicted molar refractivity (Wildman–Crippen MR) is 72.9 cm³/mol. The second-order valence-electron chi connectivity index (χ2n) is 3.99. The monoisotopic (exact) mass is 259 g/mol. The normalized spacial score (nSPS) is 11.7. The smallest absolute Gasteiger partial charge is 0.119 e. The standard InChI is InChI=1S/C13H21NO2.ClH/c1-2-3-8-16-13-6-4-11(5-7-13)9-12(14)10-15;/h4-7,12,15H,2-3,8-10,14H2,1H3;1H. The maximum absolute atomic E-state index is 8.84. The molecule has 0 amide bonds. The Bertz CT molecular complexity index is 290. The Morgan fingerprint density at radius 3 is 2.47 bits per heavy atom. The van der Waals surface area contributed by atoms with Crippen molar-refractivity contribution in [1.29, 1.82) is 0 Å². The average Bonchev–Trinajstić information content (AvgIpc) is 2.31. The lowest BCUT2D eigenvalue weighted by atomic mass is 10.1. The zero-order valence-corrected chi connectivity index (χ0v) is 11.1. The predicted octanol–water partition coefficient (Wildman–Crippen LogP) is 2.15. The largest absolute Gasteiger partial charge is 0.494 e. The van der Waals surface area contributed by atoms with Gasteiger partial charge in [0, 0.05) is 6.04 Å². The van der Waals surface area contributed by atoms with Crippen molar-refractivity contribution < 1.29 is 9.84 Å². The van der Waals surface area contributed by atoms with E-state index in [2.05, 4.69) is 6.92 Å². The highest BCUT2D eigenvalue weighted by Gasteiger charge is 2.02. The van der Waals surface area contributed by atoms with E-state index in [1.165, 1.54) is 0 Å². The lowest BCUT2D eigenvalue weighted by molar-refractivity contribution is 0.265. The summed E-state index contributed by atoms with van der Waals surface area (Å²) in [4.78, 5) is 0. The van der Waals surface area contributed by atoms with Crippen LogP contribution in [0.25, 0.3) is 0 Å². The van der Waals surface area contributed by atoms with Crippen molar-refractivity contribution in [2.75, 3.05) is 13.2 Å². The van der Waals surface area contributed by atoms with E-state index >= 15 is 0 Å². The summed E-state index contributed by atoms with van der Waals surface area (Å²) in [6.07, 6.45) is 2.92. The lowest BCUT2D eigenvalue weighted by Crippen LogP contribution is -2.26.